The third kappa shape index (κ3) is 3.83. The monoisotopic (exact) mass is 413 g/mol. The van der Waals surface area contributed by atoms with Gasteiger partial charge in [0.15, 0.2) is 5.65 Å². The van der Waals surface area contributed by atoms with E-state index < -0.39 is 0 Å². The van der Waals surface area contributed by atoms with Gasteiger partial charge in [-0.25, -0.2) is 9.97 Å². The van der Waals surface area contributed by atoms with Crippen LogP contribution in [0.15, 0.2) is 66.3 Å². The van der Waals surface area contributed by atoms with Crippen LogP contribution in [0, 0.1) is 0 Å². The standard InChI is InChI=1S/C23H23N7O/c1-4-13-25-23(31)19-20-22(28-18-8-6-5-7-17(18)27-20)30(21(19)24)26-14-15-9-11-16(12-10-15)29(2)3/h4-12,14H,1,13,24H2,2-3H3,(H,25,31)/b26-14+. The number of amides is 1. The van der Waals surface area contributed by atoms with Crippen LogP contribution in [0.2, 0.25) is 0 Å². The predicted molar refractivity (Wildman–Crippen MR) is 126 cm³/mol. The van der Waals surface area contributed by atoms with Crippen LogP contribution in [-0.2, 0) is 0 Å². The van der Waals surface area contributed by atoms with Gasteiger partial charge in [-0.05, 0) is 29.8 Å². The molecule has 0 radical (unpaired) electrons. The molecule has 0 bridgehead atoms. The molecule has 2 heterocycles. The van der Waals surface area contributed by atoms with Gasteiger partial charge in [0.25, 0.3) is 5.91 Å². The molecule has 31 heavy (non-hydrogen) atoms. The number of anilines is 2. The first-order valence-electron chi connectivity index (χ1n) is 9.77. The zero-order chi connectivity index (χ0) is 22.0. The fourth-order valence-electron chi connectivity index (χ4n) is 3.22. The highest BCUT2D eigenvalue weighted by Gasteiger charge is 2.23. The predicted octanol–water partition coefficient (Wildman–Crippen LogP) is 3.03. The molecule has 156 valence electrons. The number of benzene rings is 2. The van der Waals surface area contributed by atoms with Crippen molar-refractivity contribution in [3.8, 4) is 0 Å². The average Bonchev–Trinajstić information content (AvgIpc) is 3.04. The lowest BCUT2D eigenvalue weighted by Crippen LogP contribution is -2.24. The van der Waals surface area contributed by atoms with Crippen molar-refractivity contribution >= 4 is 45.8 Å². The lowest BCUT2D eigenvalue weighted by molar-refractivity contribution is 0.0960. The van der Waals surface area contributed by atoms with Crippen molar-refractivity contribution in [3.05, 3.63) is 72.3 Å². The van der Waals surface area contributed by atoms with E-state index in [4.69, 9.17) is 5.73 Å². The minimum Gasteiger partial charge on any atom is -0.383 e. The smallest absolute Gasteiger partial charge is 0.257 e. The zero-order valence-corrected chi connectivity index (χ0v) is 17.4. The minimum atomic E-state index is -0.351. The molecule has 8 heteroatoms. The molecule has 0 aliphatic heterocycles. The number of carbonyl (C=O) groups excluding carboxylic acids is 1. The first-order chi connectivity index (χ1) is 15.0. The van der Waals surface area contributed by atoms with Gasteiger partial charge in [-0.2, -0.15) is 9.78 Å². The molecule has 0 saturated heterocycles. The highest BCUT2D eigenvalue weighted by Crippen LogP contribution is 2.27. The summed E-state index contributed by atoms with van der Waals surface area (Å²) >= 11 is 0. The van der Waals surface area contributed by atoms with Gasteiger partial charge in [-0.15, -0.1) is 6.58 Å². The van der Waals surface area contributed by atoms with Crippen LogP contribution in [0.4, 0.5) is 11.5 Å². The van der Waals surface area contributed by atoms with E-state index >= 15 is 0 Å². The van der Waals surface area contributed by atoms with Gasteiger partial charge in [0.2, 0.25) is 0 Å². The van der Waals surface area contributed by atoms with Gasteiger partial charge in [-0.3, -0.25) is 4.79 Å². The van der Waals surface area contributed by atoms with Crippen molar-refractivity contribution in [1.29, 1.82) is 0 Å². The number of nitrogens with zero attached hydrogens (tertiary/aromatic N) is 5. The lowest BCUT2D eigenvalue weighted by Gasteiger charge is -2.11. The van der Waals surface area contributed by atoms with E-state index in [9.17, 15) is 4.79 Å². The fourth-order valence-corrected chi connectivity index (χ4v) is 3.22. The maximum Gasteiger partial charge on any atom is 0.257 e. The fraction of sp³-hybridized carbons (Fsp3) is 0.130. The van der Waals surface area contributed by atoms with Crippen LogP contribution in [0.5, 0.6) is 0 Å². The number of para-hydroxylation sites is 2. The van der Waals surface area contributed by atoms with Crippen molar-refractivity contribution in [1.82, 2.24) is 20.0 Å². The summed E-state index contributed by atoms with van der Waals surface area (Å²) < 4.78 is 1.46. The number of fused-ring (bicyclic) bond motifs is 2. The van der Waals surface area contributed by atoms with Crippen LogP contribution in [0.1, 0.15) is 15.9 Å². The molecule has 0 saturated carbocycles. The van der Waals surface area contributed by atoms with E-state index in [0.717, 1.165) is 11.3 Å². The highest BCUT2D eigenvalue weighted by molar-refractivity contribution is 6.10. The summed E-state index contributed by atoms with van der Waals surface area (Å²) in [7, 11) is 3.97. The number of hydrogen-bond donors (Lipinski definition) is 2. The van der Waals surface area contributed by atoms with Gasteiger partial charge >= 0.3 is 0 Å². The van der Waals surface area contributed by atoms with Crippen LogP contribution in [-0.4, -0.2) is 47.4 Å². The Morgan fingerprint density at radius 3 is 2.48 bits per heavy atom. The van der Waals surface area contributed by atoms with E-state index in [1.807, 2.05) is 67.5 Å². The van der Waals surface area contributed by atoms with Crippen LogP contribution in [0.25, 0.3) is 22.2 Å². The Hall–Kier alpha value is -4.20. The number of rotatable bonds is 6. The van der Waals surface area contributed by atoms with Crippen LogP contribution in [0.3, 0.4) is 0 Å². The maximum atomic E-state index is 12.8. The molecule has 0 aliphatic rings. The number of aromatic nitrogens is 3. The first-order valence-corrected chi connectivity index (χ1v) is 9.77. The normalized spacial score (nSPS) is 11.3. The van der Waals surface area contributed by atoms with Crippen molar-refractivity contribution in [2.24, 2.45) is 5.10 Å². The summed E-state index contributed by atoms with van der Waals surface area (Å²) in [4.78, 5) is 24.1. The molecule has 0 fully saturated rings. The average molecular weight is 413 g/mol. The van der Waals surface area contributed by atoms with Crippen LogP contribution >= 0.6 is 0 Å². The van der Waals surface area contributed by atoms with E-state index in [1.165, 1.54) is 4.68 Å². The summed E-state index contributed by atoms with van der Waals surface area (Å²) in [5.41, 5.74) is 10.8. The van der Waals surface area contributed by atoms with Gasteiger partial charge in [0.1, 0.15) is 16.9 Å². The van der Waals surface area contributed by atoms with E-state index in [1.54, 1.807) is 12.3 Å². The van der Waals surface area contributed by atoms with E-state index in [2.05, 4.69) is 27.0 Å². The van der Waals surface area contributed by atoms with Gasteiger partial charge in [0.05, 0.1) is 17.2 Å². The molecular weight excluding hydrogens is 390 g/mol. The van der Waals surface area contributed by atoms with Crippen LogP contribution < -0.4 is 16.0 Å². The zero-order valence-electron chi connectivity index (χ0n) is 17.4. The number of nitrogen functional groups attached to an aromatic ring is 1. The summed E-state index contributed by atoms with van der Waals surface area (Å²) in [6.45, 7) is 3.94. The van der Waals surface area contributed by atoms with Crippen molar-refractivity contribution in [2.75, 3.05) is 31.3 Å². The molecule has 2 aromatic heterocycles. The summed E-state index contributed by atoms with van der Waals surface area (Å²) in [5, 5.41) is 7.28. The Balaban J connectivity index is 1.85. The maximum absolute atomic E-state index is 12.8. The van der Waals surface area contributed by atoms with E-state index in [0.29, 0.717) is 28.7 Å². The number of carbonyl (C=O) groups is 1. The van der Waals surface area contributed by atoms with Crippen molar-refractivity contribution in [2.45, 2.75) is 0 Å². The molecule has 2 aromatic carbocycles. The quantitative estimate of drug-likeness (QED) is 0.374. The Labute approximate surface area is 179 Å². The first kappa shape index (κ1) is 20.1. The van der Waals surface area contributed by atoms with Gasteiger partial charge in [-0.1, -0.05) is 30.3 Å². The summed E-state index contributed by atoms with van der Waals surface area (Å²) in [6.07, 6.45) is 3.28. The second-order valence-electron chi connectivity index (χ2n) is 7.19. The lowest BCUT2D eigenvalue weighted by atomic mass is 10.2. The molecular formula is C23H23N7O. The molecule has 3 N–H and O–H groups in total. The molecule has 0 atom stereocenters. The van der Waals surface area contributed by atoms with Crippen molar-refractivity contribution < 1.29 is 4.79 Å². The second-order valence-corrected chi connectivity index (χ2v) is 7.19. The summed E-state index contributed by atoms with van der Waals surface area (Å²) in [5.74, 6) is -0.177. The Morgan fingerprint density at radius 2 is 1.84 bits per heavy atom. The molecule has 0 spiro atoms. The number of nitrogens with two attached hydrogens (primary N) is 1. The van der Waals surface area contributed by atoms with Gasteiger partial charge in [0, 0.05) is 26.3 Å². The van der Waals surface area contributed by atoms with Gasteiger partial charge < -0.3 is 16.0 Å². The third-order valence-corrected chi connectivity index (χ3v) is 4.84. The molecule has 4 aromatic rings. The largest absolute Gasteiger partial charge is 0.383 e. The minimum absolute atomic E-state index is 0.174. The molecule has 0 unspecified atom stereocenters. The SMILES string of the molecule is C=CCNC(=O)c1c(N)n(/N=C/c2ccc(N(C)C)cc2)c2nc3ccccc3nc12. The summed E-state index contributed by atoms with van der Waals surface area (Å²) in [6, 6.07) is 15.4. The Kier molecular flexibility index (Phi) is 5.36. The topological polar surface area (TPSA) is 101 Å². The van der Waals surface area contributed by atoms with E-state index in [-0.39, 0.29) is 17.3 Å². The number of nitrogens with one attached hydrogen (secondary N) is 1. The molecule has 8 nitrogen and oxygen atoms in total. The Morgan fingerprint density at radius 1 is 1.16 bits per heavy atom. The third-order valence-electron chi connectivity index (χ3n) is 4.84. The number of hydrogen-bond acceptors (Lipinski definition) is 6. The second kappa shape index (κ2) is 8.27. The molecule has 1 amide bonds. The molecule has 0 aliphatic carbocycles. The Bertz CT molecular complexity index is 1300. The molecule has 4 rings (SSSR count). The van der Waals surface area contributed by atoms with Crippen molar-refractivity contribution in [3.63, 3.8) is 0 Å². The highest BCUT2D eigenvalue weighted by atomic mass is 16.1.